The molecule has 4 heterocycles. The van der Waals surface area contributed by atoms with Gasteiger partial charge in [-0.25, -0.2) is 18.2 Å². The predicted octanol–water partition coefficient (Wildman–Crippen LogP) is 2.54. The molecule has 1 aliphatic rings. The van der Waals surface area contributed by atoms with Gasteiger partial charge in [0.15, 0.2) is 0 Å². The molecule has 8 nitrogen and oxygen atoms in total. The Labute approximate surface area is 167 Å². The number of aromatic nitrogens is 4. The highest BCUT2D eigenvalue weighted by molar-refractivity contribution is 7.89. The van der Waals surface area contributed by atoms with Gasteiger partial charge in [0.1, 0.15) is 5.65 Å². The number of rotatable bonds is 3. The largest absolute Gasteiger partial charge is 0.346 e. The Kier molecular flexibility index (Phi) is 4.11. The van der Waals surface area contributed by atoms with Crippen LogP contribution in [0.4, 0.5) is 0 Å². The zero-order chi connectivity index (χ0) is 20.2. The van der Waals surface area contributed by atoms with Gasteiger partial charge >= 0.3 is 5.69 Å². The molecule has 4 aromatic rings. The number of H-pyrrole nitrogens is 2. The van der Waals surface area contributed by atoms with Gasteiger partial charge in [-0.3, -0.25) is 4.57 Å². The summed E-state index contributed by atoms with van der Waals surface area (Å²) >= 11 is 0. The Morgan fingerprint density at radius 1 is 1.24 bits per heavy atom. The third-order valence-corrected chi connectivity index (χ3v) is 7.47. The van der Waals surface area contributed by atoms with E-state index < -0.39 is 10.0 Å². The van der Waals surface area contributed by atoms with Crippen molar-refractivity contribution < 1.29 is 8.42 Å². The summed E-state index contributed by atoms with van der Waals surface area (Å²) in [6.45, 7) is 2.59. The lowest BCUT2D eigenvalue weighted by Crippen LogP contribution is -2.42. The van der Waals surface area contributed by atoms with E-state index in [9.17, 15) is 13.2 Å². The summed E-state index contributed by atoms with van der Waals surface area (Å²) in [5.74, 6) is 0. The van der Waals surface area contributed by atoms with Crippen molar-refractivity contribution in [2.24, 2.45) is 0 Å². The van der Waals surface area contributed by atoms with E-state index in [4.69, 9.17) is 0 Å². The highest BCUT2D eigenvalue weighted by Gasteiger charge is 2.32. The number of nitrogens with one attached hydrogen (secondary N) is 2. The third-order valence-electron chi connectivity index (χ3n) is 5.61. The molecule has 0 unspecified atom stereocenters. The average molecular weight is 411 g/mol. The number of hydrogen-bond acceptors (Lipinski definition) is 4. The van der Waals surface area contributed by atoms with Crippen molar-refractivity contribution in [1.29, 1.82) is 0 Å². The highest BCUT2D eigenvalue weighted by atomic mass is 32.2. The van der Waals surface area contributed by atoms with Gasteiger partial charge in [0, 0.05) is 24.7 Å². The fourth-order valence-electron chi connectivity index (χ4n) is 4.25. The maximum atomic E-state index is 13.2. The maximum Gasteiger partial charge on any atom is 0.326 e. The Bertz CT molecular complexity index is 1380. The molecule has 0 amide bonds. The number of sulfonamides is 1. The van der Waals surface area contributed by atoms with Gasteiger partial charge in [-0.1, -0.05) is 12.1 Å². The Balaban J connectivity index is 1.58. The molecule has 0 saturated carbocycles. The van der Waals surface area contributed by atoms with E-state index in [1.54, 1.807) is 35.2 Å². The molecule has 0 radical (unpaired) electrons. The molecule has 1 aliphatic heterocycles. The number of nitrogens with zero attached hydrogens (tertiary/aromatic N) is 3. The van der Waals surface area contributed by atoms with Crippen molar-refractivity contribution in [2.75, 3.05) is 13.1 Å². The second kappa shape index (κ2) is 6.57. The van der Waals surface area contributed by atoms with Gasteiger partial charge in [0.2, 0.25) is 10.0 Å². The van der Waals surface area contributed by atoms with Crippen molar-refractivity contribution in [3.8, 4) is 0 Å². The molecule has 9 heteroatoms. The van der Waals surface area contributed by atoms with Crippen LogP contribution in [0, 0.1) is 6.92 Å². The first-order chi connectivity index (χ1) is 13.9. The lowest BCUT2D eigenvalue weighted by Gasteiger charge is -2.32. The van der Waals surface area contributed by atoms with Gasteiger partial charge in [-0.15, -0.1) is 0 Å². The van der Waals surface area contributed by atoms with Crippen LogP contribution in [-0.4, -0.2) is 45.3 Å². The van der Waals surface area contributed by atoms with Gasteiger partial charge in [-0.2, -0.15) is 4.31 Å². The van der Waals surface area contributed by atoms with E-state index >= 15 is 0 Å². The first-order valence-corrected chi connectivity index (χ1v) is 11.0. The summed E-state index contributed by atoms with van der Waals surface area (Å²) in [6.07, 6.45) is 4.85. The van der Waals surface area contributed by atoms with Crippen molar-refractivity contribution in [3.63, 3.8) is 0 Å². The minimum atomic E-state index is -3.62. The molecular formula is C20H21N5O3S. The zero-order valence-corrected chi connectivity index (χ0v) is 16.7. The number of aromatic amines is 2. The van der Waals surface area contributed by atoms with E-state index in [1.807, 2.05) is 19.1 Å². The molecule has 0 bridgehead atoms. The minimum absolute atomic E-state index is 0.240. The second-order valence-electron chi connectivity index (χ2n) is 7.54. The molecule has 2 N–H and O–H groups in total. The first-order valence-electron chi connectivity index (χ1n) is 9.58. The molecule has 5 rings (SSSR count). The summed E-state index contributed by atoms with van der Waals surface area (Å²) in [5, 5.41) is 0.847. The monoisotopic (exact) mass is 411 g/mol. The van der Waals surface area contributed by atoms with Crippen molar-refractivity contribution in [2.45, 2.75) is 30.7 Å². The highest BCUT2D eigenvalue weighted by Crippen LogP contribution is 2.30. The summed E-state index contributed by atoms with van der Waals surface area (Å²) < 4.78 is 29.6. The van der Waals surface area contributed by atoms with E-state index in [0.717, 1.165) is 22.9 Å². The standard InChI is InChI=1S/C20H21N5O3S/c1-13-4-2-6-15(10-13)29(27,28)24-9-3-5-14(12-24)25-18-16-7-8-21-19(16)22-11-17(18)23-20(25)26/h2,4,6-8,10-11,14H,3,5,9,12H2,1H3,(H,21,22)(H,23,26)/t14-/m1/s1. The Morgan fingerprint density at radius 3 is 2.93 bits per heavy atom. The van der Waals surface area contributed by atoms with Crippen LogP contribution >= 0.6 is 0 Å². The number of imidazole rings is 1. The van der Waals surface area contributed by atoms with Crippen molar-refractivity contribution >= 4 is 32.1 Å². The molecule has 150 valence electrons. The SMILES string of the molecule is Cc1cccc(S(=O)(=O)N2CCC[C@@H](n3c(=O)[nH]c4cnc5[nH]ccc5c43)C2)c1. The van der Waals surface area contributed by atoms with Crippen LogP contribution in [-0.2, 0) is 10.0 Å². The average Bonchev–Trinajstić information content (AvgIpc) is 3.31. The van der Waals surface area contributed by atoms with Crippen molar-refractivity contribution in [1.82, 2.24) is 23.8 Å². The molecule has 0 spiro atoms. The van der Waals surface area contributed by atoms with Crippen LogP contribution in [0.15, 0.2) is 52.4 Å². The summed E-state index contributed by atoms with van der Waals surface area (Å²) in [6, 6.07) is 8.58. The molecule has 1 saturated heterocycles. The van der Waals surface area contributed by atoms with Crippen LogP contribution in [0.1, 0.15) is 24.4 Å². The quantitative estimate of drug-likeness (QED) is 0.541. The Hall–Kier alpha value is -2.91. The van der Waals surface area contributed by atoms with Crippen LogP contribution in [0.3, 0.4) is 0 Å². The lowest BCUT2D eigenvalue weighted by atomic mass is 10.1. The molecule has 1 aromatic carbocycles. The second-order valence-corrected chi connectivity index (χ2v) is 9.47. The molecule has 1 atom stereocenters. The van der Waals surface area contributed by atoms with Crippen molar-refractivity contribution in [3.05, 3.63) is 58.8 Å². The normalized spacial score (nSPS) is 18.6. The van der Waals surface area contributed by atoms with Crippen LogP contribution in [0.5, 0.6) is 0 Å². The Morgan fingerprint density at radius 2 is 2.10 bits per heavy atom. The number of hydrogen-bond donors (Lipinski definition) is 2. The smallest absolute Gasteiger partial charge is 0.326 e. The molecule has 1 fully saturated rings. The molecular weight excluding hydrogens is 390 g/mol. The van der Waals surface area contributed by atoms with E-state index in [1.165, 1.54) is 4.31 Å². The van der Waals surface area contributed by atoms with Crippen LogP contribution in [0.2, 0.25) is 0 Å². The van der Waals surface area contributed by atoms with Crippen LogP contribution in [0.25, 0.3) is 22.1 Å². The predicted molar refractivity (Wildman–Crippen MR) is 110 cm³/mol. The zero-order valence-electron chi connectivity index (χ0n) is 15.9. The van der Waals surface area contributed by atoms with E-state index in [0.29, 0.717) is 29.0 Å². The van der Waals surface area contributed by atoms with Gasteiger partial charge in [0.25, 0.3) is 0 Å². The number of piperidine rings is 1. The topological polar surface area (TPSA) is 104 Å². The van der Waals surface area contributed by atoms with Gasteiger partial charge < -0.3 is 9.97 Å². The molecule has 29 heavy (non-hydrogen) atoms. The number of aryl methyl sites for hydroxylation is 1. The molecule has 0 aliphatic carbocycles. The number of fused-ring (bicyclic) bond motifs is 3. The number of pyridine rings is 1. The fraction of sp³-hybridized carbons (Fsp3) is 0.300. The van der Waals surface area contributed by atoms with Crippen LogP contribution < -0.4 is 5.69 Å². The summed E-state index contributed by atoms with van der Waals surface area (Å²) in [4.78, 5) is 23.3. The third kappa shape index (κ3) is 2.89. The first kappa shape index (κ1) is 18.1. The van der Waals surface area contributed by atoms with Gasteiger partial charge in [0.05, 0.1) is 28.2 Å². The fourth-order valence-corrected chi connectivity index (χ4v) is 5.87. The van der Waals surface area contributed by atoms with E-state index in [2.05, 4.69) is 15.0 Å². The minimum Gasteiger partial charge on any atom is -0.346 e. The summed E-state index contributed by atoms with van der Waals surface area (Å²) in [5.41, 5.74) is 2.78. The maximum absolute atomic E-state index is 13.2. The lowest BCUT2D eigenvalue weighted by molar-refractivity contribution is 0.267. The van der Waals surface area contributed by atoms with E-state index in [-0.39, 0.29) is 18.3 Å². The summed E-state index contributed by atoms with van der Waals surface area (Å²) in [7, 11) is -3.62. The van der Waals surface area contributed by atoms with Gasteiger partial charge in [-0.05, 0) is 43.5 Å². The number of benzene rings is 1. The molecule has 3 aromatic heterocycles.